The molecule has 0 bridgehead atoms. The highest BCUT2D eigenvalue weighted by molar-refractivity contribution is 7.93. The first-order chi connectivity index (χ1) is 13.9. The first-order valence-corrected chi connectivity index (χ1v) is 11.2. The smallest absolute Gasteiger partial charge is 0.265 e. The Morgan fingerprint density at radius 3 is 2.34 bits per heavy atom. The number of benzene rings is 3. The van der Waals surface area contributed by atoms with Gasteiger partial charge in [-0.1, -0.05) is 68.4 Å². The number of amides is 1. The summed E-state index contributed by atoms with van der Waals surface area (Å²) in [6.45, 7) is 3.96. The highest BCUT2D eigenvalue weighted by atomic mass is 32.2. The van der Waals surface area contributed by atoms with Crippen LogP contribution >= 0.6 is 0 Å². The van der Waals surface area contributed by atoms with E-state index in [2.05, 4.69) is 19.2 Å². The maximum absolute atomic E-state index is 13.1. The fourth-order valence-electron chi connectivity index (χ4n) is 3.93. The van der Waals surface area contributed by atoms with E-state index in [0.29, 0.717) is 17.0 Å². The molecule has 1 aliphatic heterocycles. The number of sulfonamides is 1. The van der Waals surface area contributed by atoms with Crippen molar-refractivity contribution in [1.29, 1.82) is 0 Å². The fourth-order valence-corrected chi connectivity index (χ4v) is 5.60. The summed E-state index contributed by atoms with van der Waals surface area (Å²) in [7, 11) is -3.74. The Morgan fingerprint density at radius 1 is 0.966 bits per heavy atom. The van der Waals surface area contributed by atoms with Crippen molar-refractivity contribution in [3.05, 3.63) is 72.3 Å². The highest BCUT2D eigenvalue weighted by Crippen LogP contribution is 2.41. The van der Waals surface area contributed by atoms with Gasteiger partial charge in [-0.3, -0.25) is 9.10 Å². The molecule has 3 aromatic carbocycles. The first-order valence-electron chi connectivity index (χ1n) is 9.76. The molecule has 0 aromatic heterocycles. The highest BCUT2D eigenvalue weighted by Gasteiger charge is 2.36. The lowest BCUT2D eigenvalue weighted by atomic mass is 9.97. The Morgan fingerprint density at radius 2 is 1.66 bits per heavy atom. The minimum Gasteiger partial charge on any atom is -0.348 e. The molecule has 5 nitrogen and oxygen atoms in total. The Balaban J connectivity index is 1.61. The first kappa shape index (κ1) is 19.5. The monoisotopic (exact) mass is 408 g/mol. The van der Waals surface area contributed by atoms with Crippen molar-refractivity contribution in [2.45, 2.75) is 31.2 Å². The van der Waals surface area contributed by atoms with Gasteiger partial charge in [0.25, 0.3) is 10.0 Å². The van der Waals surface area contributed by atoms with Gasteiger partial charge in [-0.05, 0) is 35.4 Å². The maximum atomic E-state index is 13.1. The SMILES string of the molecule is CC(C)C[C@H](NC(=O)CN1c2cccc3cccc(c23)S1(=O)=O)c1ccccc1. The fraction of sp³-hybridized carbons (Fsp3) is 0.261. The Bertz CT molecular complexity index is 1150. The lowest BCUT2D eigenvalue weighted by Gasteiger charge is -2.24. The lowest BCUT2D eigenvalue weighted by Crippen LogP contribution is -2.40. The van der Waals surface area contributed by atoms with Crippen LogP contribution in [-0.2, 0) is 14.8 Å². The molecule has 150 valence electrons. The molecule has 0 fully saturated rings. The number of rotatable bonds is 6. The molecular weight excluding hydrogens is 384 g/mol. The molecule has 0 spiro atoms. The molecule has 0 saturated carbocycles. The van der Waals surface area contributed by atoms with Gasteiger partial charge in [0.1, 0.15) is 6.54 Å². The molecule has 0 unspecified atom stereocenters. The van der Waals surface area contributed by atoms with E-state index in [-0.39, 0.29) is 23.4 Å². The number of hydrogen-bond acceptors (Lipinski definition) is 3. The molecule has 0 aliphatic carbocycles. The second-order valence-electron chi connectivity index (χ2n) is 7.80. The van der Waals surface area contributed by atoms with Gasteiger partial charge in [0, 0.05) is 5.39 Å². The largest absolute Gasteiger partial charge is 0.348 e. The second kappa shape index (κ2) is 7.52. The van der Waals surface area contributed by atoms with E-state index in [9.17, 15) is 13.2 Å². The summed E-state index contributed by atoms with van der Waals surface area (Å²) in [6, 6.07) is 20.3. The van der Waals surface area contributed by atoms with E-state index in [1.165, 1.54) is 4.31 Å². The van der Waals surface area contributed by atoms with Gasteiger partial charge in [0.2, 0.25) is 5.91 Å². The number of anilines is 1. The number of nitrogens with one attached hydrogen (secondary N) is 1. The van der Waals surface area contributed by atoms with Gasteiger partial charge in [-0.15, -0.1) is 0 Å². The molecule has 0 saturated heterocycles. The standard InChI is InChI=1S/C23H24N2O3S/c1-16(2)14-19(17-8-4-3-5-9-17)24-22(26)15-25-20-12-6-10-18-11-7-13-21(23(18)20)29(25,27)28/h3-13,16,19H,14-15H2,1-2H3,(H,24,26)/t19-/m0/s1. The van der Waals surface area contributed by atoms with E-state index in [1.807, 2.05) is 48.5 Å². The molecule has 1 N–H and O–H groups in total. The summed E-state index contributed by atoms with van der Waals surface area (Å²) in [6.07, 6.45) is 0.776. The van der Waals surface area contributed by atoms with Crippen LogP contribution in [0.4, 0.5) is 5.69 Å². The van der Waals surface area contributed by atoms with Crippen LogP contribution in [0.5, 0.6) is 0 Å². The quantitative estimate of drug-likeness (QED) is 0.663. The predicted molar refractivity (Wildman–Crippen MR) is 115 cm³/mol. The van der Waals surface area contributed by atoms with Crippen molar-refractivity contribution < 1.29 is 13.2 Å². The number of hydrogen-bond donors (Lipinski definition) is 1. The number of carbonyl (C=O) groups is 1. The third-order valence-corrected chi connectivity index (χ3v) is 7.01. The molecule has 3 aromatic rings. The summed E-state index contributed by atoms with van der Waals surface area (Å²) in [4.78, 5) is 13.2. The predicted octanol–water partition coefficient (Wildman–Crippen LogP) is 4.25. The van der Waals surface area contributed by atoms with E-state index in [4.69, 9.17) is 0 Å². The Kier molecular flexibility index (Phi) is 5.04. The third-order valence-electron chi connectivity index (χ3n) is 5.21. The van der Waals surface area contributed by atoms with Gasteiger partial charge >= 0.3 is 0 Å². The van der Waals surface area contributed by atoms with Gasteiger partial charge < -0.3 is 5.32 Å². The topological polar surface area (TPSA) is 66.5 Å². The van der Waals surface area contributed by atoms with Crippen LogP contribution < -0.4 is 9.62 Å². The van der Waals surface area contributed by atoms with Crippen LogP contribution in [0.2, 0.25) is 0 Å². The van der Waals surface area contributed by atoms with Crippen LogP contribution in [0, 0.1) is 5.92 Å². The van der Waals surface area contributed by atoms with Crippen molar-refractivity contribution in [3.8, 4) is 0 Å². The van der Waals surface area contributed by atoms with Crippen molar-refractivity contribution in [3.63, 3.8) is 0 Å². The molecule has 1 aliphatic rings. The zero-order valence-corrected chi connectivity index (χ0v) is 17.3. The van der Waals surface area contributed by atoms with Gasteiger partial charge in [-0.2, -0.15) is 0 Å². The molecule has 1 atom stereocenters. The average molecular weight is 409 g/mol. The summed E-state index contributed by atoms with van der Waals surface area (Å²) in [5.41, 5.74) is 1.58. The van der Waals surface area contributed by atoms with Crippen molar-refractivity contribution in [2.24, 2.45) is 5.92 Å². The summed E-state index contributed by atoms with van der Waals surface area (Å²) in [5, 5.41) is 4.58. The molecule has 29 heavy (non-hydrogen) atoms. The van der Waals surface area contributed by atoms with E-state index < -0.39 is 10.0 Å². The molecule has 6 heteroatoms. The van der Waals surface area contributed by atoms with Crippen LogP contribution in [0.25, 0.3) is 10.8 Å². The summed E-state index contributed by atoms with van der Waals surface area (Å²) >= 11 is 0. The van der Waals surface area contributed by atoms with Gasteiger partial charge in [-0.25, -0.2) is 8.42 Å². The van der Waals surface area contributed by atoms with Gasteiger partial charge in [0.05, 0.1) is 16.6 Å². The van der Waals surface area contributed by atoms with E-state index in [0.717, 1.165) is 17.4 Å². The summed E-state index contributed by atoms with van der Waals surface area (Å²) in [5.74, 6) is 0.0712. The second-order valence-corrected chi connectivity index (χ2v) is 9.63. The van der Waals surface area contributed by atoms with E-state index in [1.54, 1.807) is 18.2 Å². The third kappa shape index (κ3) is 3.60. The van der Waals surface area contributed by atoms with Crippen molar-refractivity contribution in [2.75, 3.05) is 10.8 Å². The minimum absolute atomic E-state index is 0.160. The van der Waals surface area contributed by atoms with Crippen LogP contribution in [0.3, 0.4) is 0 Å². The number of nitrogens with zero attached hydrogens (tertiary/aromatic N) is 1. The van der Waals surface area contributed by atoms with Crippen molar-refractivity contribution >= 4 is 32.4 Å². The van der Waals surface area contributed by atoms with Crippen molar-refractivity contribution in [1.82, 2.24) is 5.32 Å². The molecule has 1 amide bonds. The number of carbonyl (C=O) groups excluding carboxylic acids is 1. The summed E-state index contributed by atoms with van der Waals surface area (Å²) < 4.78 is 27.4. The zero-order chi connectivity index (χ0) is 20.6. The van der Waals surface area contributed by atoms with Crippen LogP contribution in [-0.4, -0.2) is 20.9 Å². The Labute approximate surface area is 171 Å². The normalized spacial score (nSPS) is 15.6. The molecule has 1 heterocycles. The van der Waals surface area contributed by atoms with Crippen LogP contribution in [0.15, 0.2) is 71.6 Å². The molecular formula is C23H24N2O3S. The maximum Gasteiger partial charge on any atom is 0.265 e. The van der Waals surface area contributed by atoms with Crippen LogP contribution in [0.1, 0.15) is 31.9 Å². The minimum atomic E-state index is -3.74. The zero-order valence-electron chi connectivity index (χ0n) is 16.5. The van der Waals surface area contributed by atoms with Gasteiger partial charge in [0.15, 0.2) is 0 Å². The van der Waals surface area contributed by atoms with E-state index >= 15 is 0 Å². The average Bonchev–Trinajstić information content (AvgIpc) is 2.91. The lowest BCUT2D eigenvalue weighted by molar-refractivity contribution is -0.120. The Hall–Kier alpha value is -2.86. The molecule has 4 rings (SSSR count). The molecule has 0 radical (unpaired) electrons.